The second-order valence-electron chi connectivity index (χ2n) is 6.01. The first-order valence-corrected chi connectivity index (χ1v) is 9.90. The average molecular weight is 381 g/mol. The van der Waals surface area contributed by atoms with Gasteiger partial charge < -0.3 is 5.32 Å². The number of carbonyl (C=O) groups is 1. The van der Waals surface area contributed by atoms with Gasteiger partial charge in [0, 0.05) is 12.6 Å². The van der Waals surface area contributed by atoms with Crippen LogP contribution in [-0.4, -0.2) is 20.4 Å². The fourth-order valence-electron chi connectivity index (χ4n) is 2.30. The van der Waals surface area contributed by atoms with E-state index in [9.17, 15) is 13.2 Å². The van der Waals surface area contributed by atoms with Crippen molar-refractivity contribution in [3.63, 3.8) is 0 Å². The molecule has 0 atom stereocenters. The van der Waals surface area contributed by atoms with Crippen molar-refractivity contribution in [2.75, 3.05) is 0 Å². The number of sulfonamides is 1. The summed E-state index contributed by atoms with van der Waals surface area (Å²) in [4.78, 5) is 12.1. The van der Waals surface area contributed by atoms with Gasteiger partial charge in [0.25, 0.3) is 5.91 Å². The van der Waals surface area contributed by atoms with Crippen molar-refractivity contribution >= 4 is 27.5 Å². The van der Waals surface area contributed by atoms with Crippen LogP contribution in [0.2, 0.25) is 5.02 Å². The van der Waals surface area contributed by atoms with Gasteiger partial charge in [-0.15, -0.1) is 0 Å². The molecule has 2 aromatic rings. The van der Waals surface area contributed by atoms with E-state index in [0.717, 1.165) is 5.56 Å². The summed E-state index contributed by atoms with van der Waals surface area (Å²) in [6.45, 7) is 3.89. The summed E-state index contributed by atoms with van der Waals surface area (Å²) in [5.74, 6) is -0.323. The first-order chi connectivity index (χ1) is 11.8. The van der Waals surface area contributed by atoms with E-state index < -0.39 is 10.0 Å². The summed E-state index contributed by atoms with van der Waals surface area (Å²) in [5, 5.41) is 3.20. The van der Waals surface area contributed by atoms with Crippen LogP contribution in [0.5, 0.6) is 0 Å². The molecule has 0 fully saturated rings. The fourth-order valence-corrected chi connectivity index (χ4v) is 3.95. The van der Waals surface area contributed by atoms with E-state index in [2.05, 4.69) is 10.0 Å². The number of rotatable bonds is 7. The van der Waals surface area contributed by atoms with E-state index in [-0.39, 0.29) is 17.7 Å². The number of amides is 1. The van der Waals surface area contributed by atoms with E-state index in [0.29, 0.717) is 22.7 Å². The van der Waals surface area contributed by atoms with Crippen LogP contribution in [0, 0.1) is 0 Å². The van der Waals surface area contributed by atoms with Crippen molar-refractivity contribution in [3.8, 4) is 0 Å². The van der Waals surface area contributed by atoms with Crippen LogP contribution in [0.4, 0.5) is 0 Å². The number of carbonyl (C=O) groups excluding carboxylic acids is 1. The highest BCUT2D eigenvalue weighted by Gasteiger charge is 2.13. The van der Waals surface area contributed by atoms with Gasteiger partial charge in [-0.1, -0.05) is 48.0 Å². The molecule has 2 rings (SSSR count). The third kappa shape index (κ3) is 6.16. The highest BCUT2D eigenvalue weighted by molar-refractivity contribution is 7.88. The lowest BCUT2D eigenvalue weighted by Gasteiger charge is -2.10. The third-order valence-corrected chi connectivity index (χ3v) is 5.24. The number of hydrogen-bond acceptors (Lipinski definition) is 3. The zero-order valence-corrected chi connectivity index (χ0v) is 15.7. The van der Waals surface area contributed by atoms with Crippen molar-refractivity contribution in [2.45, 2.75) is 32.2 Å². The normalized spacial score (nSPS) is 11.5. The smallest absolute Gasteiger partial charge is 0.253 e. The Kier molecular flexibility index (Phi) is 6.58. The van der Waals surface area contributed by atoms with Crippen LogP contribution in [0.15, 0.2) is 48.5 Å². The lowest BCUT2D eigenvalue weighted by Crippen LogP contribution is -2.31. The van der Waals surface area contributed by atoms with Crippen LogP contribution < -0.4 is 10.0 Å². The number of halogens is 1. The maximum Gasteiger partial charge on any atom is 0.253 e. The van der Waals surface area contributed by atoms with E-state index in [1.807, 2.05) is 0 Å². The molecular formula is C18H21ClN2O3S. The highest BCUT2D eigenvalue weighted by atomic mass is 35.5. The number of hydrogen-bond donors (Lipinski definition) is 2. The molecule has 0 aliphatic heterocycles. The summed E-state index contributed by atoms with van der Waals surface area (Å²) < 4.78 is 26.4. The Balaban J connectivity index is 1.95. The lowest BCUT2D eigenvalue weighted by molar-refractivity contribution is 0.0951. The van der Waals surface area contributed by atoms with E-state index in [1.165, 1.54) is 0 Å². The van der Waals surface area contributed by atoms with Gasteiger partial charge in [0.05, 0.1) is 16.3 Å². The molecule has 134 valence electrons. The Morgan fingerprint density at radius 2 is 1.64 bits per heavy atom. The molecule has 0 saturated carbocycles. The molecule has 25 heavy (non-hydrogen) atoms. The van der Waals surface area contributed by atoms with Crippen LogP contribution in [0.25, 0.3) is 0 Å². The molecule has 0 radical (unpaired) electrons. The molecule has 7 heteroatoms. The quantitative estimate of drug-likeness (QED) is 0.775. The van der Waals surface area contributed by atoms with Crippen molar-refractivity contribution in [1.82, 2.24) is 10.0 Å². The molecule has 2 aromatic carbocycles. The molecule has 0 heterocycles. The molecule has 0 unspecified atom stereocenters. The molecule has 0 saturated heterocycles. The zero-order valence-electron chi connectivity index (χ0n) is 14.1. The Morgan fingerprint density at radius 1 is 1.04 bits per heavy atom. The fraction of sp³-hybridized carbons (Fsp3) is 0.278. The van der Waals surface area contributed by atoms with Gasteiger partial charge >= 0.3 is 0 Å². The van der Waals surface area contributed by atoms with Gasteiger partial charge in [-0.3, -0.25) is 4.79 Å². The lowest BCUT2D eigenvalue weighted by atomic mass is 10.1. The maximum atomic E-state index is 12.1. The molecule has 1 amide bonds. The van der Waals surface area contributed by atoms with Gasteiger partial charge in [-0.2, -0.15) is 0 Å². The molecular weight excluding hydrogens is 360 g/mol. The third-order valence-electron chi connectivity index (χ3n) is 3.37. The van der Waals surface area contributed by atoms with Crippen molar-refractivity contribution in [2.24, 2.45) is 0 Å². The van der Waals surface area contributed by atoms with Gasteiger partial charge in [-0.05, 0) is 37.1 Å². The molecule has 0 spiro atoms. The van der Waals surface area contributed by atoms with Crippen molar-refractivity contribution < 1.29 is 13.2 Å². The maximum absolute atomic E-state index is 12.1. The van der Waals surface area contributed by atoms with E-state index in [1.54, 1.807) is 62.4 Å². The van der Waals surface area contributed by atoms with Crippen LogP contribution in [0.3, 0.4) is 0 Å². The Hall–Kier alpha value is -1.89. The highest BCUT2D eigenvalue weighted by Crippen LogP contribution is 2.15. The van der Waals surface area contributed by atoms with Gasteiger partial charge in [0.15, 0.2) is 0 Å². The van der Waals surface area contributed by atoms with Gasteiger partial charge in [0.1, 0.15) is 0 Å². The minimum absolute atomic E-state index is 0.0720. The average Bonchev–Trinajstić information content (AvgIpc) is 2.52. The summed E-state index contributed by atoms with van der Waals surface area (Å²) >= 11 is 6.00. The molecule has 0 aromatic heterocycles. The summed E-state index contributed by atoms with van der Waals surface area (Å²) in [5.41, 5.74) is 1.99. The second kappa shape index (κ2) is 8.47. The van der Waals surface area contributed by atoms with Crippen LogP contribution in [0.1, 0.15) is 35.3 Å². The molecule has 5 nitrogen and oxygen atoms in total. The second-order valence-corrected chi connectivity index (χ2v) is 8.17. The Morgan fingerprint density at radius 3 is 2.24 bits per heavy atom. The zero-order chi connectivity index (χ0) is 18.4. The van der Waals surface area contributed by atoms with E-state index >= 15 is 0 Å². The molecule has 2 N–H and O–H groups in total. The van der Waals surface area contributed by atoms with Gasteiger partial charge in [0.2, 0.25) is 10.0 Å². The number of benzene rings is 2. The summed E-state index contributed by atoms with van der Waals surface area (Å²) in [7, 11) is -3.35. The molecule has 0 aliphatic rings. The minimum Gasteiger partial charge on any atom is -0.348 e. The Bertz CT molecular complexity index is 834. The van der Waals surface area contributed by atoms with Crippen molar-refractivity contribution in [3.05, 3.63) is 70.2 Å². The Labute approximate surface area is 153 Å². The van der Waals surface area contributed by atoms with Crippen LogP contribution >= 0.6 is 11.6 Å². The minimum atomic E-state index is -3.35. The standard InChI is InChI=1S/C18H21ClN2O3S/c1-13(2)21-25(23,24)12-15-9-7-14(8-10-15)11-20-18(22)16-5-3-4-6-17(16)19/h3-10,13,21H,11-12H2,1-2H3,(H,20,22). The van der Waals surface area contributed by atoms with Crippen molar-refractivity contribution in [1.29, 1.82) is 0 Å². The summed E-state index contributed by atoms with van der Waals surface area (Å²) in [6, 6.07) is 13.8. The monoisotopic (exact) mass is 380 g/mol. The SMILES string of the molecule is CC(C)NS(=O)(=O)Cc1ccc(CNC(=O)c2ccccc2Cl)cc1. The van der Waals surface area contributed by atoms with E-state index in [4.69, 9.17) is 11.6 Å². The van der Waals surface area contributed by atoms with Gasteiger partial charge in [-0.25, -0.2) is 13.1 Å². The number of nitrogens with one attached hydrogen (secondary N) is 2. The topological polar surface area (TPSA) is 75.3 Å². The summed E-state index contributed by atoms with van der Waals surface area (Å²) in [6.07, 6.45) is 0. The predicted molar refractivity (Wildman–Crippen MR) is 100.0 cm³/mol. The first kappa shape index (κ1) is 19.4. The predicted octanol–water partition coefficient (Wildman–Crippen LogP) is 3.10. The van der Waals surface area contributed by atoms with Crippen LogP contribution in [-0.2, 0) is 22.3 Å². The first-order valence-electron chi connectivity index (χ1n) is 7.87. The molecule has 0 aliphatic carbocycles. The largest absolute Gasteiger partial charge is 0.348 e. The molecule has 0 bridgehead atoms.